The highest BCUT2D eigenvalue weighted by Crippen LogP contribution is 2.17. The Hall–Kier alpha value is -0.610. The van der Waals surface area contributed by atoms with Crippen LogP contribution in [0.15, 0.2) is 0 Å². The summed E-state index contributed by atoms with van der Waals surface area (Å²) in [6.07, 6.45) is 5.13. The van der Waals surface area contributed by atoms with E-state index in [2.05, 4.69) is 5.32 Å². The minimum atomic E-state index is 0.309. The van der Waals surface area contributed by atoms with Crippen molar-refractivity contribution in [3.05, 3.63) is 0 Å². The molecule has 0 radical (unpaired) electrons. The summed E-state index contributed by atoms with van der Waals surface area (Å²) in [4.78, 5) is 13.6. The van der Waals surface area contributed by atoms with Crippen molar-refractivity contribution in [1.82, 2.24) is 10.2 Å². The van der Waals surface area contributed by atoms with Gasteiger partial charge < -0.3 is 16.0 Å². The van der Waals surface area contributed by atoms with Crippen molar-refractivity contribution in [2.24, 2.45) is 5.73 Å². The average molecular weight is 211 g/mol. The number of amides is 1. The van der Waals surface area contributed by atoms with Crippen molar-refractivity contribution in [3.8, 4) is 0 Å². The van der Waals surface area contributed by atoms with Gasteiger partial charge in [0.15, 0.2) is 0 Å². The van der Waals surface area contributed by atoms with Gasteiger partial charge in [-0.1, -0.05) is 0 Å². The van der Waals surface area contributed by atoms with E-state index in [1.54, 1.807) is 0 Å². The number of nitrogens with one attached hydrogen (secondary N) is 1. The molecule has 2 rings (SSSR count). The molecule has 1 saturated carbocycles. The second-order valence-corrected chi connectivity index (χ2v) is 4.72. The van der Waals surface area contributed by atoms with Gasteiger partial charge in [0.05, 0.1) is 0 Å². The maximum atomic E-state index is 11.7. The van der Waals surface area contributed by atoms with E-state index in [9.17, 15) is 4.79 Å². The van der Waals surface area contributed by atoms with E-state index in [4.69, 9.17) is 5.73 Å². The number of hydrogen-bond acceptors (Lipinski definition) is 3. The molecule has 0 aromatic rings. The minimum absolute atomic E-state index is 0.309. The highest BCUT2D eigenvalue weighted by atomic mass is 16.2. The highest BCUT2D eigenvalue weighted by molar-refractivity contribution is 5.76. The van der Waals surface area contributed by atoms with Gasteiger partial charge >= 0.3 is 0 Å². The Morgan fingerprint density at radius 3 is 2.60 bits per heavy atom. The average Bonchev–Trinajstić information content (AvgIpc) is 2.67. The summed E-state index contributed by atoms with van der Waals surface area (Å²) in [5, 5.41) is 3.38. The van der Waals surface area contributed by atoms with Crippen LogP contribution in [0.4, 0.5) is 0 Å². The second-order valence-electron chi connectivity index (χ2n) is 4.72. The summed E-state index contributed by atoms with van der Waals surface area (Å²) in [7, 11) is 0. The van der Waals surface area contributed by atoms with Crippen LogP contribution in [0.1, 0.15) is 32.1 Å². The maximum absolute atomic E-state index is 11.7. The van der Waals surface area contributed by atoms with Gasteiger partial charge in [0.1, 0.15) is 0 Å². The zero-order valence-corrected chi connectivity index (χ0v) is 9.24. The van der Waals surface area contributed by atoms with Crippen LogP contribution < -0.4 is 11.1 Å². The van der Waals surface area contributed by atoms with Gasteiger partial charge in [-0.05, 0) is 25.7 Å². The molecule has 2 fully saturated rings. The molecule has 0 aromatic carbocycles. The van der Waals surface area contributed by atoms with Crippen LogP contribution >= 0.6 is 0 Å². The number of nitrogens with two attached hydrogens (primary N) is 1. The Bertz CT molecular complexity index is 220. The molecule has 1 saturated heterocycles. The van der Waals surface area contributed by atoms with Crippen LogP contribution in [0.5, 0.6) is 0 Å². The number of carbonyl (C=O) groups is 1. The molecule has 4 nitrogen and oxygen atoms in total. The molecule has 0 aromatic heterocycles. The molecular weight excluding hydrogens is 190 g/mol. The summed E-state index contributed by atoms with van der Waals surface area (Å²) >= 11 is 0. The summed E-state index contributed by atoms with van der Waals surface area (Å²) in [5.74, 6) is 0.309. The fraction of sp³-hybridized carbons (Fsp3) is 0.909. The van der Waals surface area contributed by atoms with Crippen molar-refractivity contribution in [3.63, 3.8) is 0 Å². The van der Waals surface area contributed by atoms with Crippen LogP contribution in [0.3, 0.4) is 0 Å². The summed E-state index contributed by atoms with van der Waals surface area (Å²) < 4.78 is 0. The van der Waals surface area contributed by atoms with Gasteiger partial charge in [-0.25, -0.2) is 0 Å². The van der Waals surface area contributed by atoms with Gasteiger partial charge in [0.25, 0.3) is 0 Å². The molecule has 0 unspecified atom stereocenters. The zero-order chi connectivity index (χ0) is 10.7. The zero-order valence-electron chi connectivity index (χ0n) is 9.24. The molecule has 86 valence electrons. The lowest BCUT2D eigenvalue weighted by molar-refractivity contribution is -0.130. The lowest BCUT2D eigenvalue weighted by atomic mass is 9.88. The molecule has 4 heteroatoms. The third-order valence-electron chi connectivity index (χ3n) is 3.41. The fourth-order valence-electron chi connectivity index (χ4n) is 2.34. The highest BCUT2D eigenvalue weighted by Gasteiger charge is 2.25. The number of likely N-dealkylation sites (tertiary alicyclic amines) is 1. The Morgan fingerprint density at radius 1 is 1.33 bits per heavy atom. The molecular formula is C11H21N3O. The van der Waals surface area contributed by atoms with Gasteiger partial charge in [-0.3, -0.25) is 4.79 Å². The summed E-state index contributed by atoms with van der Waals surface area (Å²) in [5.41, 5.74) is 5.68. The Balaban J connectivity index is 1.55. The van der Waals surface area contributed by atoms with Crippen LogP contribution in [0, 0.1) is 0 Å². The maximum Gasteiger partial charge on any atom is 0.223 e. The van der Waals surface area contributed by atoms with Crippen LogP contribution in [-0.2, 0) is 4.79 Å². The largest absolute Gasteiger partial charge is 0.343 e. The Kier molecular flexibility index (Phi) is 3.59. The van der Waals surface area contributed by atoms with E-state index in [1.165, 1.54) is 12.8 Å². The van der Waals surface area contributed by atoms with E-state index in [0.29, 0.717) is 24.4 Å². The standard InChI is InChI=1S/C11H21N3O/c12-9-7-10(8-9)13-4-3-11(15)14-5-1-2-6-14/h9-10,13H,1-8,12H2. The topological polar surface area (TPSA) is 58.4 Å². The Morgan fingerprint density at radius 2 is 2.00 bits per heavy atom. The minimum Gasteiger partial charge on any atom is -0.343 e. The molecule has 3 N–H and O–H groups in total. The van der Waals surface area contributed by atoms with Crippen molar-refractivity contribution in [2.45, 2.75) is 44.2 Å². The van der Waals surface area contributed by atoms with Gasteiger partial charge in [0.2, 0.25) is 5.91 Å². The molecule has 15 heavy (non-hydrogen) atoms. The van der Waals surface area contributed by atoms with Crippen LogP contribution in [0.2, 0.25) is 0 Å². The predicted octanol–water partition coefficient (Wildman–Crippen LogP) is 0.0782. The Labute approximate surface area is 91.2 Å². The number of hydrogen-bond donors (Lipinski definition) is 2. The molecule has 1 aliphatic carbocycles. The van der Waals surface area contributed by atoms with Crippen LogP contribution in [0.25, 0.3) is 0 Å². The first-order valence-corrected chi connectivity index (χ1v) is 6.02. The van der Waals surface area contributed by atoms with Gasteiger partial charge in [0, 0.05) is 38.1 Å². The van der Waals surface area contributed by atoms with Crippen LogP contribution in [-0.4, -0.2) is 42.5 Å². The summed E-state index contributed by atoms with van der Waals surface area (Å²) in [6, 6.07) is 0.947. The lowest BCUT2D eigenvalue weighted by Gasteiger charge is -2.33. The fourth-order valence-corrected chi connectivity index (χ4v) is 2.34. The number of carbonyl (C=O) groups excluding carboxylic acids is 1. The first-order valence-electron chi connectivity index (χ1n) is 6.02. The SMILES string of the molecule is NC1CC(NCCC(=O)N2CCCC2)C1. The molecule has 1 amide bonds. The third-order valence-corrected chi connectivity index (χ3v) is 3.41. The van der Waals surface area contributed by atoms with Crippen molar-refractivity contribution >= 4 is 5.91 Å². The van der Waals surface area contributed by atoms with E-state index in [-0.39, 0.29) is 0 Å². The molecule has 2 aliphatic rings. The second kappa shape index (κ2) is 4.94. The van der Waals surface area contributed by atoms with Gasteiger partial charge in [-0.2, -0.15) is 0 Å². The molecule has 1 heterocycles. The molecule has 0 atom stereocenters. The predicted molar refractivity (Wildman–Crippen MR) is 59.4 cm³/mol. The number of nitrogens with zero attached hydrogens (tertiary/aromatic N) is 1. The molecule has 1 aliphatic heterocycles. The van der Waals surface area contributed by atoms with E-state index in [1.807, 2.05) is 4.90 Å². The third kappa shape index (κ3) is 2.92. The monoisotopic (exact) mass is 211 g/mol. The summed E-state index contributed by atoms with van der Waals surface area (Å²) in [6.45, 7) is 2.74. The quantitative estimate of drug-likeness (QED) is 0.692. The van der Waals surface area contributed by atoms with Crippen molar-refractivity contribution in [2.75, 3.05) is 19.6 Å². The van der Waals surface area contributed by atoms with Gasteiger partial charge in [-0.15, -0.1) is 0 Å². The normalized spacial score (nSPS) is 30.3. The smallest absolute Gasteiger partial charge is 0.223 e. The first kappa shape index (κ1) is 10.9. The van der Waals surface area contributed by atoms with E-state index < -0.39 is 0 Å². The van der Waals surface area contributed by atoms with E-state index in [0.717, 1.165) is 32.5 Å². The first-order chi connectivity index (χ1) is 7.25. The van der Waals surface area contributed by atoms with E-state index >= 15 is 0 Å². The lowest BCUT2D eigenvalue weighted by Crippen LogP contribution is -2.49. The van der Waals surface area contributed by atoms with Crippen molar-refractivity contribution in [1.29, 1.82) is 0 Å². The number of rotatable bonds is 4. The molecule has 0 bridgehead atoms. The molecule has 0 spiro atoms. The van der Waals surface area contributed by atoms with Crippen molar-refractivity contribution < 1.29 is 4.79 Å².